The number of H-pyrrole nitrogens is 1. The van der Waals surface area contributed by atoms with E-state index in [2.05, 4.69) is 20.8 Å². The fourth-order valence-corrected chi connectivity index (χ4v) is 4.67. The maximum absolute atomic E-state index is 13.5. The molecule has 0 saturated carbocycles. The Balaban J connectivity index is 1.60. The van der Waals surface area contributed by atoms with Crippen LogP contribution in [0.4, 0.5) is 10.5 Å². The molecule has 42 heavy (non-hydrogen) atoms. The minimum atomic E-state index is -0.993. The zero-order chi connectivity index (χ0) is 30.6. The Morgan fingerprint density at radius 1 is 1.02 bits per heavy atom. The summed E-state index contributed by atoms with van der Waals surface area (Å²) < 4.78 is 7.10. The number of nitrogens with one attached hydrogen (secondary N) is 3. The number of nitrogens with zero attached hydrogens (tertiary/aromatic N) is 2. The lowest BCUT2D eigenvalue weighted by atomic mass is 9.99. The molecular formula is C32H36ClN5O4. The van der Waals surface area contributed by atoms with Gasteiger partial charge in [0.25, 0.3) is 5.56 Å². The Labute approximate surface area is 250 Å². The van der Waals surface area contributed by atoms with E-state index in [1.165, 1.54) is 6.07 Å². The number of carbonyl (C=O) groups excluding carboxylic acids is 2. The van der Waals surface area contributed by atoms with Gasteiger partial charge in [-0.2, -0.15) is 5.10 Å². The van der Waals surface area contributed by atoms with Crippen LogP contribution in [0.2, 0.25) is 5.02 Å². The molecule has 220 valence electrons. The van der Waals surface area contributed by atoms with E-state index in [9.17, 15) is 14.4 Å². The standard InChI is InChI=1S/C32H36ClN5O4/c1-19(2)38-18-23(10-14-29(38)39)22-9-13-27(33)24(15-22)16-28(36-31(41)42-32(4,5)6)30(40)35-25-11-7-21(8-12-25)26-17-34-37-20(26)3/h7-15,17-19,28H,16H2,1-6H3,(H,34,37)(H,35,40)(H,36,41). The van der Waals surface area contributed by atoms with E-state index >= 15 is 0 Å². The molecule has 0 saturated heterocycles. The van der Waals surface area contributed by atoms with Crippen LogP contribution in [-0.4, -0.2) is 38.4 Å². The van der Waals surface area contributed by atoms with Gasteiger partial charge in [0.2, 0.25) is 5.91 Å². The first-order valence-corrected chi connectivity index (χ1v) is 14.1. The topological polar surface area (TPSA) is 118 Å². The quantitative estimate of drug-likeness (QED) is 0.216. The minimum Gasteiger partial charge on any atom is -0.444 e. The van der Waals surface area contributed by atoms with Gasteiger partial charge >= 0.3 is 6.09 Å². The van der Waals surface area contributed by atoms with Gasteiger partial charge in [-0.25, -0.2) is 4.79 Å². The molecule has 3 N–H and O–H groups in total. The second kappa shape index (κ2) is 12.7. The van der Waals surface area contributed by atoms with Crippen molar-refractivity contribution in [2.24, 2.45) is 0 Å². The molecule has 0 radical (unpaired) electrons. The predicted octanol–water partition coefficient (Wildman–Crippen LogP) is 6.52. The van der Waals surface area contributed by atoms with Gasteiger partial charge in [0.1, 0.15) is 11.6 Å². The number of aryl methyl sites for hydroxylation is 1. The number of halogens is 1. The number of anilines is 1. The Morgan fingerprint density at radius 3 is 2.31 bits per heavy atom. The lowest BCUT2D eigenvalue weighted by molar-refractivity contribution is -0.118. The van der Waals surface area contributed by atoms with E-state index in [0.717, 1.165) is 27.9 Å². The highest BCUT2D eigenvalue weighted by atomic mass is 35.5. The number of aromatic amines is 1. The van der Waals surface area contributed by atoms with Crippen molar-refractivity contribution in [2.75, 3.05) is 5.32 Å². The Bertz CT molecular complexity index is 1630. The van der Waals surface area contributed by atoms with Gasteiger partial charge in [-0.1, -0.05) is 29.8 Å². The highest BCUT2D eigenvalue weighted by Gasteiger charge is 2.26. The molecule has 10 heteroatoms. The van der Waals surface area contributed by atoms with E-state index in [-0.39, 0.29) is 18.0 Å². The number of carbonyl (C=O) groups is 2. The second-order valence-electron chi connectivity index (χ2n) is 11.4. The van der Waals surface area contributed by atoms with E-state index in [1.54, 1.807) is 62.0 Å². The Morgan fingerprint density at radius 2 is 1.69 bits per heavy atom. The van der Waals surface area contributed by atoms with Crippen molar-refractivity contribution in [3.63, 3.8) is 0 Å². The summed E-state index contributed by atoms with van der Waals surface area (Å²) in [4.78, 5) is 38.5. The summed E-state index contributed by atoms with van der Waals surface area (Å²) in [7, 11) is 0. The highest BCUT2D eigenvalue weighted by molar-refractivity contribution is 6.31. The highest BCUT2D eigenvalue weighted by Crippen LogP contribution is 2.27. The van der Waals surface area contributed by atoms with Crippen LogP contribution in [-0.2, 0) is 16.0 Å². The monoisotopic (exact) mass is 589 g/mol. The van der Waals surface area contributed by atoms with Crippen LogP contribution in [0.3, 0.4) is 0 Å². The lowest BCUT2D eigenvalue weighted by Crippen LogP contribution is -2.47. The summed E-state index contributed by atoms with van der Waals surface area (Å²) in [5.74, 6) is -0.428. The normalized spacial score (nSPS) is 12.2. The first kappa shape index (κ1) is 30.6. The third-order valence-electron chi connectivity index (χ3n) is 6.60. The van der Waals surface area contributed by atoms with Crippen LogP contribution in [0.25, 0.3) is 22.3 Å². The number of aromatic nitrogens is 3. The number of hydrogen-bond donors (Lipinski definition) is 3. The first-order valence-electron chi connectivity index (χ1n) is 13.7. The van der Waals surface area contributed by atoms with Crippen molar-refractivity contribution < 1.29 is 14.3 Å². The number of pyridine rings is 1. The number of benzene rings is 2. The van der Waals surface area contributed by atoms with Gasteiger partial charge in [-0.3, -0.25) is 14.7 Å². The zero-order valence-corrected chi connectivity index (χ0v) is 25.4. The summed E-state index contributed by atoms with van der Waals surface area (Å²) in [6.45, 7) is 11.1. The molecule has 2 aromatic heterocycles. The number of amides is 2. The van der Waals surface area contributed by atoms with Crippen molar-refractivity contribution in [3.8, 4) is 22.3 Å². The van der Waals surface area contributed by atoms with Crippen LogP contribution in [0.5, 0.6) is 0 Å². The fraction of sp³-hybridized carbons (Fsp3) is 0.312. The summed E-state index contributed by atoms with van der Waals surface area (Å²) in [5.41, 5.74) is 4.90. The molecule has 4 aromatic rings. The molecule has 2 amide bonds. The summed E-state index contributed by atoms with van der Waals surface area (Å²) in [6, 6.07) is 15.1. The van der Waals surface area contributed by atoms with Crippen molar-refractivity contribution >= 4 is 29.3 Å². The number of alkyl carbamates (subject to hydrolysis) is 1. The summed E-state index contributed by atoms with van der Waals surface area (Å²) in [6.07, 6.45) is 2.94. The maximum Gasteiger partial charge on any atom is 0.408 e. The van der Waals surface area contributed by atoms with Crippen LogP contribution >= 0.6 is 11.6 Å². The maximum atomic E-state index is 13.5. The largest absolute Gasteiger partial charge is 0.444 e. The number of hydrogen-bond acceptors (Lipinski definition) is 5. The molecule has 2 aromatic carbocycles. The molecule has 1 atom stereocenters. The van der Waals surface area contributed by atoms with Crippen molar-refractivity contribution in [3.05, 3.63) is 93.6 Å². The number of rotatable bonds is 8. The molecule has 9 nitrogen and oxygen atoms in total. The van der Waals surface area contributed by atoms with Gasteiger partial charge in [-0.15, -0.1) is 0 Å². The molecule has 0 spiro atoms. The summed E-state index contributed by atoms with van der Waals surface area (Å²) in [5, 5.41) is 13.0. The smallest absolute Gasteiger partial charge is 0.408 e. The molecule has 0 bridgehead atoms. The van der Waals surface area contributed by atoms with Gasteiger partial charge in [-0.05, 0) is 94.1 Å². The fourth-order valence-electron chi connectivity index (χ4n) is 4.47. The molecule has 2 heterocycles. The molecule has 1 unspecified atom stereocenters. The summed E-state index contributed by atoms with van der Waals surface area (Å²) >= 11 is 6.58. The van der Waals surface area contributed by atoms with Crippen molar-refractivity contribution in [2.45, 2.75) is 65.6 Å². The second-order valence-corrected chi connectivity index (χ2v) is 11.8. The predicted molar refractivity (Wildman–Crippen MR) is 166 cm³/mol. The van der Waals surface area contributed by atoms with E-state index in [1.807, 2.05) is 45.0 Å². The third-order valence-corrected chi connectivity index (χ3v) is 6.97. The molecule has 0 aliphatic rings. The zero-order valence-electron chi connectivity index (χ0n) is 24.6. The van der Waals surface area contributed by atoms with Gasteiger partial charge in [0, 0.05) is 46.7 Å². The van der Waals surface area contributed by atoms with Gasteiger partial charge in [0.05, 0.1) is 6.20 Å². The third kappa shape index (κ3) is 7.67. The lowest BCUT2D eigenvalue weighted by Gasteiger charge is -2.24. The van der Waals surface area contributed by atoms with Gasteiger partial charge < -0.3 is 19.9 Å². The molecule has 0 aliphatic carbocycles. The Hall–Kier alpha value is -4.37. The van der Waals surface area contributed by atoms with E-state index in [4.69, 9.17) is 16.3 Å². The van der Waals surface area contributed by atoms with Crippen molar-refractivity contribution in [1.29, 1.82) is 0 Å². The van der Waals surface area contributed by atoms with Gasteiger partial charge in [0.15, 0.2) is 0 Å². The van der Waals surface area contributed by atoms with Crippen LogP contribution in [0.1, 0.15) is 51.9 Å². The van der Waals surface area contributed by atoms with Crippen LogP contribution in [0, 0.1) is 6.92 Å². The van der Waals surface area contributed by atoms with E-state index in [0.29, 0.717) is 16.3 Å². The average molecular weight is 590 g/mol. The minimum absolute atomic E-state index is 0.00639. The molecular weight excluding hydrogens is 554 g/mol. The number of ether oxygens (including phenoxy) is 1. The average Bonchev–Trinajstić information content (AvgIpc) is 3.34. The Kier molecular flexibility index (Phi) is 9.21. The SMILES string of the molecule is Cc1[nH]ncc1-c1ccc(NC(=O)C(Cc2cc(-c3ccc(=O)n(C(C)C)c3)ccc2Cl)NC(=O)OC(C)(C)C)cc1. The molecule has 0 aliphatic heterocycles. The first-order chi connectivity index (χ1) is 19.8. The van der Waals surface area contributed by atoms with Crippen LogP contribution < -0.4 is 16.2 Å². The molecule has 4 rings (SSSR count). The van der Waals surface area contributed by atoms with Crippen LogP contribution in [0.15, 0.2) is 71.8 Å². The van der Waals surface area contributed by atoms with Crippen molar-refractivity contribution in [1.82, 2.24) is 20.1 Å². The van der Waals surface area contributed by atoms with E-state index < -0.39 is 23.6 Å². The molecule has 0 fully saturated rings.